The summed E-state index contributed by atoms with van der Waals surface area (Å²) in [6.07, 6.45) is -0.817. The Balaban J connectivity index is 1.55. The monoisotopic (exact) mass is 369 g/mol. The molecule has 144 valence electrons. The number of carbonyl (C=O) groups is 1. The number of carbonyl (C=O) groups excluding carboxylic acids is 1. The van der Waals surface area contributed by atoms with E-state index in [2.05, 4.69) is 31.3 Å². The summed E-state index contributed by atoms with van der Waals surface area (Å²) in [5.41, 5.74) is 2.20. The summed E-state index contributed by atoms with van der Waals surface area (Å²) in [7, 11) is 0. The van der Waals surface area contributed by atoms with Crippen molar-refractivity contribution in [1.82, 2.24) is 5.32 Å². The summed E-state index contributed by atoms with van der Waals surface area (Å²) in [6.45, 7) is 8.77. The van der Waals surface area contributed by atoms with Gasteiger partial charge >= 0.3 is 0 Å². The summed E-state index contributed by atoms with van der Waals surface area (Å²) in [4.78, 5) is 12.5. The van der Waals surface area contributed by atoms with E-state index in [1.54, 1.807) is 6.92 Å². The molecule has 0 fully saturated rings. The van der Waals surface area contributed by atoms with Gasteiger partial charge in [0, 0.05) is 0 Å². The first-order valence-electron chi connectivity index (χ1n) is 9.37. The molecule has 3 rings (SSSR count). The Hall–Kier alpha value is -2.69. The number of fused-ring (bicyclic) bond motifs is 1. The van der Waals surface area contributed by atoms with Gasteiger partial charge in [-0.25, -0.2) is 0 Å². The third kappa shape index (κ3) is 4.73. The second-order valence-corrected chi connectivity index (χ2v) is 7.20. The smallest absolute Gasteiger partial charge is 0.260 e. The first-order valence-corrected chi connectivity index (χ1v) is 9.37. The Morgan fingerprint density at radius 1 is 1.19 bits per heavy atom. The molecular formula is C22H27NO4. The van der Waals surface area contributed by atoms with Crippen molar-refractivity contribution in [1.29, 1.82) is 0 Å². The summed E-state index contributed by atoms with van der Waals surface area (Å²) >= 11 is 0. The van der Waals surface area contributed by atoms with Crippen LogP contribution in [0.1, 0.15) is 37.8 Å². The fraction of sp³-hybridized carbons (Fsp3) is 0.409. The van der Waals surface area contributed by atoms with Crippen molar-refractivity contribution in [2.45, 2.75) is 45.8 Å². The Bertz CT molecular complexity index is 803. The summed E-state index contributed by atoms with van der Waals surface area (Å²) in [5.74, 6) is 2.35. The van der Waals surface area contributed by atoms with Crippen LogP contribution in [0.3, 0.4) is 0 Å². The number of amides is 1. The molecular weight excluding hydrogens is 342 g/mol. The van der Waals surface area contributed by atoms with Gasteiger partial charge in [0.05, 0.1) is 6.54 Å². The predicted octanol–water partition coefficient (Wildman–Crippen LogP) is 3.84. The topological polar surface area (TPSA) is 56.8 Å². The lowest BCUT2D eigenvalue weighted by molar-refractivity contribution is -0.127. The van der Waals surface area contributed by atoms with Crippen LogP contribution in [-0.4, -0.2) is 31.3 Å². The van der Waals surface area contributed by atoms with Crippen LogP contribution in [0.2, 0.25) is 0 Å². The number of nitrogens with one attached hydrogen (secondary N) is 1. The zero-order valence-corrected chi connectivity index (χ0v) is 16.3. The van der Waals surface area contributed by atoms with Gasteiger partial charge in [0.2, 0.25) is 0 Å². The first-order chi connectivity index (χ1) is 12.9. The van der Waals surface area contributed by atoms with Crippen molar-refractivity contribution in [2.75, 3.05) is 13.2 Å². The Morgan fingerprint density at radius 2 is 1.93 bits per heavy atom. The zero-order valence-electron chi connectivity index (χ0n) is 16.3. The number of hydrogen-bond acceptors (Lipinski definition) is 4. The predicted molar refractivity (Wildman–Crippen MR) is 105 cm³/mol. The third-order valence-corrected chi connectivity index (χ3v) is 4.54. The highest BCUT2D eigenvalue weighted by Gasteiger charge is 2.23. The maximum absolute atomic E-state index is 12.5. The maximum Gasteiger partial charge on any atom is 0.260 e. The van der Waals surface area contributed by atoms with Crippen LogP contribution >= 0.6 is 0 Å². The first kappa shape index (κ1) is 19.1. The second-order valence-electron chi connectivity index (χ2n) is 7.20. The van der Waals surface area contributed by atoms with Gasteiger partial charge < -0.3 is 19.5 Å². The number of hydrogen-bond donors (Lipinski definition) is 1. The molecule has 1 amide bonds. The van der Waals surface area contributed by atoms with Gasteiger partial charge in [-0.1, -0.05) is 38.1 Å². The van der Waals surface area contributed by atoms with E-state index in [1.807, 2.05) is 37.3 Å². The van der Waals surface area contributed by atoms with Crippen molar-refractivity contribution in [3.8, 4) is 17.2 Å². The molecule has 2 aromatic carbocycles. The van der Waals surface area contributed by atoms with Crippen LogP contribution < -0.4 is 19.5 Å². The molecule has 2 atom stereocenters. The van der Waals surface area contributed by atoms with Gasteiger partial charge in [-0.3, -0.25) is 4.79 Å². The summed E-state index contributed by atoms with van der Waals surface area (Å²) < 4.78 is 17.5. The number of aryl methyl sites for hydroxylation is 1. The molecule has 1 aliphatic rings. The third-order valence-electron chi connectivity index (χ3n) is 4.54. The second kappa shape index (κ2) is 8.33. The molecule has 1 N–H and O–H groups in total. The average molecular weight is 369 g/mol. The van der Waals surface area contributed by atoms with Crippen molar-refractivity contribution < 1.29 is 19.0 Å². The van der Waals surface area contributed by atoms with E-state index >= 15 is 0 Å². The van der Waals surface area contributed by atoms with Crippen molar-refractivity contribution in [3.05, 3.63) is 53.6 Å². The fourth-order valence-electron chi connectivity index (χ4n) is 2.99. The Kier molecular flexibility index (Phi) is 5.89. The highest BCUT2D eigenvalue weighted by Crippen LogP contribution is 2.31. The molecule has 0 bridgehead atoms. The SMILES string of the molecule is Cc1ccc(C(C)C)c(O[C@@H](C)C(=O)NC[C@H]2COc3ccccc3O2)c1. The number of ether oxygens (including phenoxy) is 3. The molecule has 0 saturated heterocycles. The molecule has 0 saturated carbocycles. The number of benzene rings is 2. The lowest BCUT2D eigenvalue weighted by Gasteiger charge is -2.27. The molecule has 0 unspecified atom stereocenters. The molecule has 1 aliphatic heterocycles. The van der Waals surface area contributed by atoms with Crippen molar-refractivity contribution in [3.63, 3.8) is 0 Å². The van der Waals surface area contributed by atoms with Crippen LogP contribution in [0.25, 0.3) is 0 Å². The van der Waals surface area contributed by atoms with Gasteiger partial charge in [0.15, 0.2) is 17.6 Å². The van der Waals surface area contributed by atoms with E-state index in [0.29, 0.717) is 24.8 Å². The van der Waals surface area contributed by atoms with E-state index in [1.165, 1.54) is 0 Å². The molecule has 5 nitrogen and oxygen atoms in total. The molecule has 5 heteroatoms. The van der Waals surface area contributed by atoms with Crippen LogP contribution in [0.15, 0.2) is 42.5 Å². The highest BCUT2D eigenvalue weighted by molar-refractivity contribution is 5.80. The standard InChI is InChI=1S/C22H27NO4/c1-14(2)18-10-9-15(3)11-21(18)26-16(4)22(24)23-12-17-13-25-19-7-5-6-8-20(19)27-17/h5-11,14,16-17H,12-13H2,1-4H3,(H,23,24)/t16-,17-/m0/s1. The molecule has 27 heavy (non-hydrogen) atoms. The van der Waals surface area contributed by atoms with Gasteiger partial charge in [-0.15, -0.1) is 0 Å². The van der Waals surface area contributed by atoms with Crippen molar-refractivity contribution in [2.24, 2.45) is 0 Å². The highest BCUT2D eigenvalue weighted by atomic mass is 16.6. The molecule has 2 aromatic rings. The van der Waals surface area contributed by atoms with E-state index < -0.39 is 6.10 Å². The number of para-hydroxylation sites is 2. The average Bonchev–Trinajstić information content (AvgIpc) is 2.65. The van der Waals surface area contributed by atoms with E-state index in [0.717, 1.165) is 22.6 Å². The minimum Gasteiger partial charge on any atom is -0.486 e. The van der Waals surface area contributed by atoms with Gasteiger partial charge in [0.25, 0.3) is 5.91 Å². The molecule has 0 spiro atoms. The van der Waals surface area contributed by atoms with Crippen LogP contribution in [0.5, 0.6) is 17.2 Å². The summed E-state index contributed by atoms with van der Waals surface area (Å²) in [6, 6.07) is 13.6. The quantitative estimate of drug-likeness (QED) is 0.840. The van der Waals surface area contributed by atoms with Crippen molar-refractivity contribution >= 4 is 5.91 Å². The van der Waals surface area contributed by atoms with Gasteiger partial charge in [0.1, 0.15) is 18.5 Å². The van der Waals surface area contributed by atoms with E-state index in [9.17, 15) is 4.79 Å². The van der Waals surface area contributed by atoms with Gasteiger partial charge in [-0.2, -0.15) is 0 Å². The van der Waals surface area contributed by atoms with Gasteiger partial charge in [-0.05, 0) is 49.1 Å². The van der Waals surface area contributed by atoms with Crippen LogP contribution in [0.4, 0.5) is 0 Å². The zero-order chi connectivity index (χ0) is 19.4. The van der Waals surface area contributed by atoms with Crippen LogP contribution in [0, 0.1) is 6.92 Å². The van der Waals surface area contributed by atoms with Crippen LogP contribution in [-0.2, 0) is 4.79 Å². The lowest BCUT2D eigenvalue weighted by atomic mass is 10.0. The lowest BCUT2D eigenvalue weighted by Crippen LogP contribution is -2.44. The number of rotatable bonds is 6. The normalized spacial score (nSPS) is 16.7. The Labute approximate surface area is 160 Å². The molecule has 1 heterocycles. The maximum atomic E-state index is 12.5. The molecule has 0 aliphatic carbocycles. The largest absolute Gasteiger partial charge is 0.486 e. The minimum absolute atomic E-state index is 0.173. The molecule has 0 radical (unpaired) electrons. The Morgan fingerprint density at radius 3 is 2.67 bits per heavy atom. The summed E-state index contributed by atoms with van der Waals surface area (Å²) in [5, 5.41) is 2.90. The molecule has 0 aromatic heterocycles. The fourth-order valence-corrected chi connectivity index (χ4v) is 2.99. The van der Waals surface area contributed by atoms with E-state index in [4.69, 9.17) is 14.2 Å². The minimum atomic E-state index is -0.596. The van der Waals surface area contributed by atoms with E-state index in [-0.39, 0.29) is 12.0 Å².